The molecule has 1 aliphatic rings. The van der Waals surface area contributed by atoms with E-state index in [0.29, 0.717) is 5.92 Å². The first kappa shape index (κ1) is 12.9. The smallest absolute Gasteiger partial charge is 0.253 e. The lowest BCUT2D eigenvalue weighted by atomic mass is 9.99. The first-order chi connectivity index (χ1) is 9.74. The van der Waals surface area contributed by atoms with E-state index in [-0.39, 0.29) is 5.91 Å². The molecule has 1 amide bonds. The van der Waals surface area contributed by atoms with Gasteiger partial charge in [-0.15, -0.1) is 0 Å². The molecule has 4 nitrogen and oxygen atoms in total. The van der Waals surface area contributed by atoms with Crippen molar-refractivity contribution in [2.45, 2.75) is 19.8 Å². The van der Waals surface area contributed by atoms with E-state index in [0.717, 1.165) is 36.5 Å². The molecule has 20 heavy (non-hydrogen) atoms. The van der Waals surface area contributed by atoms with Crippen LogP contribution in [0.1, 0.15) is 30.1 Å². The molecule has 104 valence electrons. The van der Waals surface area contributed by atoms with Gasteiger partial charge in [0.1, 0.15) is 5.82 Å². The van der Waals surface area contributed by atoms with Crippen LogP contribution >= 0.6 is 0 Å². The van der Waals surface area contributed by atoms with Crippen LogP contribution < -0.4 is 0 Å². The van der Waals surface area contributed by atoms with E-state index in [1.807, 2.05) is 29.2 Å². The van der Waals surface area contributed by atoms with Gasteiger partial charge in [0.05, 0.1) is 0 Å². The van der Waals surface area contributed by atoms with Gasteiger partial charge in [-0.1, -0.05) is 19.1 Å². The van der Waals surface area contributed by atoms with Crippen molar-refractivity contribution in [3.8, 4) is 11.4 Å². The number of carbonyl (C=O) groups excluding carboxylic acids is 1. The van der Waals surface area contributed by atoms with Crippen LogP contribution in [0.3, 0.4) is 0 Å². The zero-order valence-corrected chi connectivity index (χ0v) is 11.7. The number of piperidine rings is 1. The van der Waals surface area contributed by atoms with Crippen LogP contribution in [0, 0.1) is 5.92 Å². The maximum Gasteiger partial charge on any atom is 0.253 e. The minimum absolute atomic E-state index is 0.141. The number of hydrogen-bond acceptors (Lipinski definition) is 2. The Balaban J connectivity index is 1.75. The molecule has 1 unspecified atom stereocenters. The van der Waals surface area contributed by atoms with Gasteiger partial charge >= 0.3 is 0 Å². The van der Waals surface area contributed by atoms with Crippen molar-refractivity contribution in [2.75, 3.05) is 13.1 Å². The molecule has 1 atom stereocenters. The molecule has 4 heteroatoms. The Morgan fingerprint density at radius 2 is 2.15 bits per heavy atom. The number of aromatic nitrogens is 2. The Kier molecular flexibility index (Phi) is 3.54. The molecule has 1 aromatic heterocycles. The summed E-state index contributed by atoms with van der Waals surface area (Å²) in [6.07, 6.45) is 5.85. The summed E-state index contributed by atoms with van der Waals surface area (Å²) >= 11 is 0. The third kappa shape index (κ3) is 2.59. The largest absolute Gasteiger partial charge is 0.345 e. The van der Waals surface area contributed by atoms with Crippen LogP contribution in [0.2, 0.25) is 0 Å². The quantitative estimate of drug-likeness (QED) is 0.911. The van der Waals surface area contributed by atoms with E-state index in [2.05, 4.69) is 16.9 Å². The molecule has 1 aromatic carbocycles. The summed E-state index contributed by atoms with van der Waals surface area (Å²) in [7, 11) is 0. The lowest BCUT2D eigenvalue weighted by molar-refractivity contribution is 0.0683. The summed E-state index contributed by atoms with van der Waals surface area (Å²) in [6, 6.07) is 7.66. The third-order valence-electron chi connectivity index (χ3n) is 3.85. The maximum absolute atomic E-state index is 12.4. The predicted molar refractivity (Wildman–Crippen MR) is 78.3 cm³/mol. The van der Waals surface area contributed by atoms with Gasteiger partial charge in [0.25, 0.3) is 5.91 Å². The van der Waals surface area contributed by atoms with Crippen LogP contribution in [0.25, 0.3) is 11.4 Å². The van der Waals surface area contributed by atoms with Gasteiger partial charge < -0.3 is 9.88 Å². The highest BCUT2D eigenvalue weighted by Gasteiger charge is 2.21. The van der Waals surface area contributed by atoms with Crippen molar-refractivity contribution in [3.05, 3.63) is 42.2 Å². The molecule has 1 N–H and O–H groups in total. The first-order valence-electron chi connectivity index (χ1n) is 7.13. The first-order valence-corrected chi connectivity index (χ1v) is 7.13. The number of benzene rings is 1. The fraction of sp³-hybridized carbons (Fsp3) is 0.375. The van der Waals surface area contributed by atoms with Crippen LogP contribution in [0.4, 0.5) is 0 Å². The van der Waals surface area contributed by atoms with Gasteiger partial charge in [-0.2, -0.15) is 0 Å². The fourth-order valence-corrected chi connectivity index (χ4v) is 2.75. The number of hydrogen-bond donors (Lipinski definition) is 1. The molecular formula is C16H19N3O. The van der Waals surface area contributed by atoms with Crippen molar-refractivity contribution in [1.82, 2.24) is 14.9 Å². The molecule has 1 saturated heterocycles. The van der Waals surface area contributed by atoms with Crippen LogP contribution in [0.5, 0.6) is 0 Å². The average molecular weight is 269 g/mol. The number of aromatic amines is 1. The van der Waals surface area contributed by atoms with Gasteiger partial charge in [-0.3, -0.25) is 4.79 Å². The van der Waals surface area contributed by atoms with Crippen molar-refractivity contribution in [1.29, 1.82) is 0 Å². The minimum Gasteiger partial charge on any atom is -0.345 e. The Morgan fingerprint density at radius 1 is 1.35 bits per heavy atom. The fourth-order valence-electron chi connectivity index (χ4n) is 2.75. The zero-order chi connectivity index (χ0) is 13.9. The third-order valence-corrected chi connectivity index (χ3v) is 3.85. The maximum atomic E-state index is 12.4. The second-order valence-electron chi connectivity index (χ2n) is 5.51. The number of nitrogens with one attached hydrogen (secondary N) is 1. The molecule has 2 aromatic rings. The lowest BCUT2D eigenvalue weighted by Gasteiger charge is -2.31. The Hall–Kier alpha value is -2.10. The number of rotatable bonds is 2. The van der Waals surface area contributed by atoms with E-state index in [1.165, 1.54) is 6.42 Å². The topological polar surface area (TPSA) is 49.0 Å². The van der Waals surface area contributed by atoms with Crippen molar-refractivity contribution >= 4 is 5.91 Å². The number of amides is 1. The molecule has 2 heterocycles. The zero-order valence-electron chi connectivity index (χ0n) is 11.7. The molecule has 1 fully saturated rings. The van der Waals surface area contributed by atoms with E-state index in [1.54, 1.807) is 12.4 Å². The summed E-state index contributed by atoms with van der Waals surface area (Å²) in [5, 5.41) is 0. The lowest BCUT2D eigenvalue weighted by Crippen LogP contribution is -2.39. The number of imidazole rings is 1. The van der Waals surface area contributed by atoms with Gasteiger partial charge in [0.2, 0.25) is 0 Å². The number of H-pyrrole nitrogens is 1. The molecule has 0 spiro atoms. The van der Waals surface area contributed by atoms with E-state index < -0.39 is 0 Å². The average Bonchev–Trinajstić information content (AvgIpc) is 3.01. The van der Waals surface area contributed by atoms with E-state index >= 15 is 0 Å². The molecular weight excluding hydrogens is 250 g/mol. The Bertz CT molecular complexity index is 574. The number of nitrogens with zero attached hydrogens (tertiary/aromatic N) is 2. The predicted octanol–water partition coefficient (Wildman–Crippen LogP) is 2.95. The summed E-state index contributed by atoms with van der Waals surface area (Å²) in [5.41, 5.74) is 1.76. The van der Waals surface area contributed by atoms with E-state index in [9.17, 15) is 4.79 Å². The second kappa shape index (κ2) is 5.49. The standard InChI is InChI=1S/C16H19N3O/c1-12-3-2-10-19(11-12)16(20)14-6-4-13(5-7-14)15-17-8-9-18-15/h4-9,12H,2-3,10-11H2,1H3,(H,17,18). The minimum atomic E-state index is 0.141. The van der Waals surface area contributed by atoms with Crippen LogP contribution in [-0.2, 0) is 0 Å². The van der Waals surface area contributed by atoms with E-state index in [4.69, 9.17) is 0 Å². The van der Waals surface area contributed by atoms with Crippen molar-refractivity contribution in [3.63, 3.8) is 0 Å². The summed E-state index contributed by atoms with van der Waals surface area (Å²) in [5.74, 6) is 1.58. The number of likely N-dealkylation sites (tertiary alicyclic amines) is 1. The molecule has 3 rings (SSSR count). The highest BCUT2D eigenvalue weighted by molar-refractivity contribution is 5.94. The number of carbonyl (C=O) groups is 1. The Labute approximate surface area is 118 Å². The molecule has 0 saturated carbocycles. The molecule has 1 aliphatic heterocycles. The van der Waals surface area contributed by atoms with Gasteiger partial charge in [0, 0.05) is 36.6 Å². The molecule has 0 aliphatic carbocycles. The molecule has 0 radical (unpaired) electrons. The summed E-state index contributed by atoms with van der Waals surface area (Å²) < 4.78 is 0. The van der Waals surface area contributed by atoms with Gasteiger partial charge in [-0.25, -0.2) is 4.98 Å². The normalized spacial score (nSPS) is 19.1. The monoisotopic (exact) mass is 269 g/mol. The van der Waals surface area contributed by atoms with Crippen LogP contribution in [0.15, 0.2) is 36.7 Å². The van der Waals surface area contributed by atoms with Crippen molar-refractivity contribution < 1.29 is 4.79 Å². The summed E-state index contributed by atoms with van der Waals surface area (Å²) in [6.45, 7) is 3.96. The Morgan fingerprint density at radius 3 is 2.80 bits per heavy atom. The van der Waals surface area contributed by atoms with Crippen LogP contribution in [-0.4, -0.2) is 33.9 Å². The SMILES string of the molecule is CC1CCCN(C(=O)c2ccc(-c3ncc[nH]3)cc2)C1. The van der Waals surface area contributed by atoms with Crippen molar-refractivity contribution in [2.24, 2.45) is 5.92 Å². The highest BCUT2D eigenvalue weighted by atomic mass is 16.2. The molecule has 0 bridgehead atoms. The van der Waals surface area contributed by atoms with Gasteiger partial charge in [-0.05, 0) is 30.9 Å². The highest BCUT2D eigenvalue weighted by Crippen LogP contribution is 2.20. The second-order valence-corrected chi connectivity index (χ2v) is 5.51. The van der Waals surface area contributed by atoms with Gasteiger partial charge in [0.15, 0.2) is 0 Å². The summed E-state index contributed by atoms with van der Waals surface area (Å²) in [4.78, 5) is 21.7.